The van der Waals surface area contributed by atoms with Gasteiger partial charge in [0.05, 0.1) is 29.9 Å². The number of allylic oxidation sites excluding steroid dienone is 1. The number of aryl methyl sites for hydroxylation is 1. The quantitative estimate of drug-likeness (QED) is 0.0550. The number of aliphatic imine (C=N–C) groups is 1. The third-order valence-electron chi connectivity index (χ3n) is 9.42. The predicted molar refractivity (Wildman–Crippen MR) is 157 cm³/mol. The Labute approximate surface area is 253 Å². The maximum Gasteiger partial charge on any atom is 0.288 e. The molecule has 240 valence electrons. The van der Waals surface area contributed by atoms with E-state index in [2.05, 4.69) is 23.8 Å². The zero-order chi connectivity index (χ0) is 30.4. The smallest absolute Gasteiger partial charge is 0.288 e. The zero-order valence-corrected chi connectivity index (χ0v) is 25.6. The lowest BCUT2D eigenvalue weighted by Crippen LogP contribution is -2.40. The fourth-order valence-electron chi connectivity index (χ4n) is 6.62. The molecule has 1 saturated heterocycles. The van der Waals surface area contributed by atoms with Gasteiger partial charge in [0.1, 0.15) is 12.7 Å². The molecule has 10 heteroatoms. The van der Waals surface area contributed by atoms with E-state index < -0.39 is 29.8 Å². The van der Waals surface area contributed by atoms with Crippen LogP contribution in [0, 0.1) is 23.7 Å². The molecule has 2 aliphatic carbocycles. The number of ether oxygens (including phenoxy) is 2. The van der Waals surface area contributed by atoms with Gasteiger partial charge in [-0.1, -0.05) is 65.2 Å². The lowest BCUT2D eigenvalue weighted by Gasteiger charge is -2.35. The molecule has 0 spiro atoms. The number of alkyl halides is 3. The molecule has 4 aliphatic rings. The fourth-order valence-corrected chi connectivity index (χ4v) is 6.62. The maximum absolute atomic E-state index is 15.6. The van der Waals surface area contributed by atoms with Crippen molar-refractivity contribution in [2.75, 3.05) is 13.2 Å². The van der Waals surface area contributed by atoms with E-state index in [9.17, 15) is 4.39 Å². The Bertz CT molecular complexity index is 1130. The molecule has 5 atom stereocenters. The van der Waals surface area contributed by atoms with Gasteiger partial charge in [0.15, 0.2) is 0 Å². The third kappa shape index (κ3) is 8.29. The maximum atomic E-state index is 15.6. The van der Waals surface area contributed by atoms with E-state index in [0.29, 0.717) is 6.61 Å². The summed E-state index contributed by atoms with van der Waals surface area (Å²) in [6, 6.07) is 1.42. The molecule has 1 aromatic heterocycles. The molecule has 6 nitrogen and oxygen atoms in total. The van der Waals surface area contributed by atoms with Gasteiger partial charge in [0.2, 0.25) is 11.8 Å². The van der Waals surface area contributed by atoms with Crippen LogP contribution in [0.25, 0.3) is 0 Å². The van der Waals surface area contributed by atoms with E-state index in [-0.39, 0.29) is 48.8 Å². The Morgan fingerprint density at radius 2 is 1.88 bits per heavy atom. The molecule has 5 unspecified atom stereocenters. The van der Waals surface area contributed by atoms with E-state index in [1.807, 2.05) is 0 Å². The first-order valence-electron chi connectivity index (χ1n) is 16.5. The van der Waals surface area contributed by atoms with Crippen molar-refractivity contribution in [3.05, 3.63) is 35.4 Å². The second-order valence-corrected chi connectivity index (χ2v) is 12.6. The standard InChI is InChI=1S/C33H47F4N3O3/c1-3-5-6-9-12-27-28(43-27)21-42-40-18-17-26(38-32(40)35)25-16-15-24-20-29(39-31(34)30(24)33(25,36)37)41-19-10-7-8-11-22(4-2)23-13-14-23/h17-18,20,22-23,25,27-28,32H,3-16,19,21H2,1-2H3. The Hall–Kier alpha value is -2.20. The molecule has 0 radical (unpaired) electrons. The highest BCUT2D eigenvalue weighted by Crippen LogP contribution is 2.47. The SMILES string of the molecule is CCCCCCC1OC1CON1C=CC(C2CCc3cc(OCCCCCC(CC)C4CC4)nc(F)c3C2(F)F)=NC1F. The largest absolute Gasteiger partial charge is 0.478 e. The van der Waals surface area contributed by atoms with Crippen LogP contribution in [-0.2, 0) is 21.9 Å². The van der Waals surface area contributed by atoms with Crippen molar-refractivity contribution in [3.63, 3.8) is 0 Å². The number of fused-ring (bicyclic) bond motifs is 1. The van der Waals surface area contributed by atoms with Crippen molar-refractivity contribution in [1.82, 2.24) is 10.0 Å². The minimum Gasteiger partial charge on any atom is -0.478 e. The summed E-state index contributed by atoms with van der Waals surface area (Å²) in [5, 5.41) is 0.912. The Morgan fingerprint density at radius 3 is 2.63 bits per heavy atom. The van der Waals surface area contributed by atoms with Crippen molar-refractivity contribution in [3.8, 4) is 5.88 Å². The van der Waals surface area contributed by atoms with Gasteiger partial charge in [-0.05, 0) is 62.0 Å². The van der Waals surface area contributed by atoms with Crippen LogP contribution in [0.4, 0.5) is 17.6 Å². The number of rotatable bonds is 18. The molecule has 3 heterocycles. The number of hydroxylamine groups is 2. The number of aromatic nitrogens is 1. The number of hydrogen-bond donors (Lipinski definition) is 0. The lowest BCUT2D eigenvalue weighted by molar-refractivity contribution is -0.182. The molecule has 0 amide bonds. The van der Waals surface area contributed by atoms with E-state index in [1.54, 1.807) is 0 Å². The number of hydrogen-bond acceptors (Lipinski definition) is 6. The Balaban J connectivity index is 1.09. The van der Waals surface area contributed by atoms with Gasteiger partial charge < -0.3 is 9.47 Å². The number of halogens is 4. The molecule has 43 heavy (non-hydrogen) atoms. The second kappa shape index (κ2) is 14.7. The first-order chi connectivity index (χ1) is 20.8. The highest BCUT2D eigenvalue weighted by atomic mass is 19.3. The van der Waals surface area contributed by atoms with Crippen molar-refractivity contribution in [1.29, 1.82) is 0 Å². The van der Waals surface area contributed by atoms with Crippen molar-refractivity contribution >= 4 is 5.71 Å². The molecule has 0 bridgehead atoms. The number of epoxide rings is 1. The summed E-state index contributed by atoms with van der Waals surface area (Å²) < 4.78 is 72.4. The average Bonchev–Trinajstić information content (AvgIpc) is 3.91. The molecule has 0 aromatic carbocycles. The molecular weight excluding hydrogens is 562 g/mol. The topological polar surface area (TPSA) is 59.5 Å². The molecule has 2 aliphatic heterocycles. The Kier molecular flexibility index (Phi) is 11.0. The van der Waals surface area contributed by atoms with Crippen molar-refractivity contribution < 1.29 is 31.9 Å². The minimum absolute atomic E-state index is 0.00510. The van der Waals surface area contributed by atoms with Gasteiger partial charge >= 0.3 is 0 Å². The van der Waals surface area contributed by atoms with E-state index in [0.717, 1.165) is 55.4 Å². The molecule has 5 rings (SSSR count). The van der Waals surface area contributed by atoms with Gasteiger partial charge in [0.25, 0.3) is 12.3 Å². The molecule has 0 N–H and O–H groups in total. The van der Waals surface area contributed by atoms with Gasteiger partial charge in [-0.15, -0.1) is 0 Å². The third-order valence-corrected chi connectivity index (χ3v) is 9.42. The van der Waals surface area contributed by atoms with Gasteiger partial charge in [-0.2, -0.15) is 13.8 Å². The van der Waals surface area contributed by atoms with E-state index in [4.69, 9.17) is 14.3 Å². The summed E-state index contributed by atoms with van der Waals surface area (Å²) in [6.45, 7) is 4.95. The predicted octanol–water partition coefficient (Wildman–Crippen LogP) is 8.44. The van der Waals surface area contributed by atoms with Crippen molar-refractivity contribution in [2.45, 2.75) is 128 Å². The van der Waals surface area contributed by atoms with Gasteiger partial charge in [-0.25, -0.2) is 18.8 Å². The summed E-state index contributed by atoms with van der Waals surface area (Å²) in [7, 11) is 0. The highest BCUT2D eigenvalue weighted by molar-refractivity contribution is 5.98. The second-order valence-electron chi connectivity index (χ2n) is 12.6. The van der Waals surface area contributed by atoms with E-state index >= 15 is 13.2 Å². The number of pyridine rings is 1. The van der Waals surface area contributed by atoms with Crippen LogP contribution in [-0.4, -0.2) is 47.6 Å². The summed E-state index contributed by atoms with van der Waals surface area (Å²) in [5.41, 5.74) is -0.691. The van der Waals surface area contributed by atoms with Crippen LogP contribution >= 0.6 is 0 Å². The van der Waals surface area contributed by atoms with E-state index in [1.165, 1.54) is 56.9 Å². The van der Waals surface area contributed by atoms with Crippen LogP contribution in [0.15, 0.2) is 23.3 Å². The monoisotopic (exact) mass is 609 g/mol. The first-order valence-corrected chi connectivity index (χ1v) is 16.5. The molecule has 1 saturated carbocycles. The van der Waals surface area contributed by atoms with Crippen LogP contribution in [0.5, 0.6) is 5.88 Å². The minimum atomic E-state index is -3.60. The summed E-state index contributed by atoms with van der Waals surface area (Å²) in [6.07, 6.45) is 14.5. The molecule has 1 aromatic rings. The van der Waals surface area contributed by atoms with Crippen LogP contribution in [0.3, 0.4) is 0 Å². The van der Waals surface area contributed by atoms with Crippen LogP contribution in [0.2, 0.25) is 0 Å². The van der Waals surface area contributed by atoms with Gasteiger partial charge in [0, 0.05) is 12.3 Å². The normalized spacial score (nSPS) is 26.7. The first kappa shape index (κ1) is 32.2. The van der Waals surface area contributed by atoms with Gasteiger partial charge in [-0.3, -0.25) is 4.84 Å². The summed E-state index contributed by atoms with van der Waals surface area (Å²) >= 11 is 0. The summed E-state index contributed by atoms with van der Waals surface area (Å²) in [5.74, 6) is -4.55. The van der Waals surface area contributed by atoms with Crippen LogP contribution < -0.4 is 4.74 Å². The molecular formula is C33H47F4N3O3. The zero-order valence-electron chi connectivity index (χ0n) is 25.6. The lowest BCUT2D eigenvalue weighted by atomic mass is 9.78. The fraction of sp³-hybridized carbons (Fsp3) is 0.758. The average molecular weight is 610 g/mol. The van der Waals surface area contributed by atoms with Crippen LogP contribution in [0.1, 0.15) is 108 Å². The highest BCUT2D eigenvalue weighted by Gasteiger charge is 2.51. The number of unbranched alkanes of at least 4 members (excludes halogenated alkanes) is 5. The number of nitrogens with zero attached hydrogens (tertiary/aromatic N) is 3. The molecule has 2 fully saturated rings. The summed E-state index contributed by atoms with van der Waals surface area (Å²) in [4.78, 5) is 13.1. The van der Waals surface area contributed by atoms with Crippen molar-refractivity contribution in [2.24, 2.45) is 22.7 Å². The Morgan fingerprint density at radius 1 is 1.07 bits per heavy atom.